The predicted octanol–water partition coefficient (Wildman–Crippen LogP) is 4.27. The lowest BCUT2D eigenvalue weighted by Gasteiger charge is -2.12. The number of benzene rings is 2. The van der Waals surface area contributed by atoms with E-state index < -0.39 is 5.91 Å². The van der Waals surface area contributed by atoms with E-state index in [1.807, 2.05) is 19.1 Å². The molecule has 7 nitrogen and oxygen atoms in total. The summed E-state index contributed by atoms with van der Waals surface area (Å²) < 4.78 is 24.2. The van der Waals surface area contributed by atoms with Gasteiger partial charge in [-0.3, -0.25) is 9.59 Å². The van der Waals surface area contributed by atoms with Gasteiger partial charge >= 0.3 is 0 Å². The maximum absolute atomic E-state index is 12.9. The van der Waals surface area contributed by atoms with E-state index in [0.717, 1.165) is 18.4 Å². The zero-order valence-corrected chi connectivity index (χ0v) is 17.8. The Morgan fingerprint density at radius 1 is 1.00 bits per heavy atom. The lowest BCUT2D eigenvalue weighted by molar-refractivity contribution is -0.124. The molecule has 0 saturated heterocycles. The third-order valence-corrected chi connectivity index (χ3v) is 4.13. The fourth-order valence-electron chi connectivity index (χ4n) is 2.54. The molecule has 0 saturated carbocycles. The van der Waals surface area contributed by atoms with Gasteiger partial charge in [0.15, 0.2) is 11.5 Å². The molecule has 2 aromatic rings. The number of nitrogens with one attached hydrogen (secondary N) is 2. The van der Waals surface area contributed by atoms with Gasteiger partial charge in [0.1, 0.15) is 5.82 Å². The van der Waals surface area contributed by atoms with Crippen molar-refractivity contribution < 1.29 is 23.5 Å². The number of anilines is 1. The minimum Gasteiger partial charge on any atom is -0.490 e. The molecule has 8 heteroatoms. The summed E-state index contributed by atoms with van der Waals surface area (Å²) in [5, 5.41) is 6.52. The molecule has 0 aromatic heterocycles. The molecule has 0 spiro atoms. The first-order chi connectivity index (χ1) is 15.0. The van der Waals surface area contributed by atoms with Crippen molar-refractivity contribution in [3.05, 3.63) is 53.8 Å². The molecule has 0 aliphatic rings. The van der Waals surface area contributed by atoms with Crippen molar-refractivity contribution in [2.45, 2.75) is 39.5 Å². The average molecular weight is 429 g/mol. The number of nitrogens with zero attached hydrogens (tertiary/aromatic N) is 1. The minimum atomic E-state index is -0.393. The summed E-state index contributed by atoms with van der Waals surface area (Å²) in [6.45, 7) is 5.11. The number of unbranched alkanes of at least 4 members (excludes halogenated alkanes) is 1. The Labute approximate surface area is 181 Å². The van der Waals surface area contributed by atoms with Crippen LogP contribution in [0.2, 0.25) is 0 Å². The zero-order valence-electron chi connectivity index (χ0n) is 17.8. The van der Waals surface area contributed by atoms with Crippen molar-refractivity contribution in [2.75, 3.05) is 18.5 Å². The molecule has 0 bridgehead atoms. The first-order valence-electron chi connectivity index (χ1n) is 10.3. The fourth-order valence-corrected chi connectivity index (χ4v) is 2.54. The maximum Gasteiger partial charge on any atom is 0.240 e. The molecular formula is C23H28FN3O4. The van der Waals surface area contributed by atoms with Crippen molar-refractivity contribution >= 4 is 23.7 Å². The van der Waals surface area contributed by atoms with E-state index in [0.29, 0.717) is 30.4 Å². The summed E-state index contributed by atoms with van der Waals surface area (Å²) in [6.07, 6.45) is 3.45. The average Bonchev–Trinajstić information content (AvgIpc) is 2.76. The highest BCUT2D eigenvalue weighted by atomic mass is 19.1. The standard InChI is InChI=1S/C23H28FN3O4/c1-3-5-14-31-20-11-6-17(15-21(20)30-4-2)16-25-27-23(29)13-12-22(28)26-19-9-7-18(24)8-10-19/h6-11,15-16H,3-5,12-14H2,1-2H3,(H,26,28)(H,27,29). The topological polar surface area (TPSA) is 89.0 Å². The van der Waals surface area contributed by atoms with Crippen LogP contribution in [-0.4, -0.2) is 31.2 Å². The highest BCUT2D eigenvalue weighted by Crippen LogP contribution is 2.28. The maximum atomic E-state index is 12.9. The second-order valence-corrected chi connectivity index (χ2v) is 6.69. The monoisotopic (exact) mass is 429 g/mol. The predicted molar refractivity (Wildman–Crippen MR) is 118 cm³/mol. The minimum absolute atomic E-state index is 0.0169. The number of hydrogen-bond donors (Lipinski definition) is 2. The molecule has 31 heavy (non-hydrogen) atoms. The second kappa shape index (κ2) is 13.0. The van der Waals surface area contributed by atoms with Crippen LogP contribution >= 0.6 is 0 Å². The lowest BCUT2D eigenvalue weighted by atomic mass is 10.2. The van der Waals surface area contributed by atoms with Gasteiger partial charge in [0.25, 0.3) is 0 Å². The molecule has 0 aliphatic carbocycles. The number of carbonyl (C=O) groups is 2. The largest absolute Gasteiger partial charge is 0.490 e. The Morgan fingerprint density at radius 2 is 1.74 bits per heavy atom. The smallest absolute Gasteiger partial charge is 0.240 e. The highest BCUT2D eigenvalue weighted by Gasteiger charge is 2.08. The quantitative estimate of drug-likeness (QED) is 0.300. The van der Waals surface area contributed by atoms with Crippen molar-refractivity contribution in [3.63, 3.8) is 0 Å². The summed E-state index contributed by atoms with van der Waals surface area (Å²) in [4.78, 5) is 23.8. The Hall–Kier alpha value is -3.42. The molecule has 0 heterocycles. The summed E-state index contributed by atoms with van der Waals surface area (Å²) >= 11 is 0. The van der Waals surface area contributed by atoms with E-state index in [4.69, 9.17) is 9.47 Å². The van der Waals surface area contributed by atoms with E-state index in [-0.39, 0.29) is 24.6 Å². The van der Waals surface area contributed by atoms with Crippen LogP contribution in [0.5, 0.6) is 11.5 Å². The molecule has 2 N–H and O–H groups in total. The first kappa shape index (κ1) is 23.9. The fraction of sp³-hybridized carbons (Fsp3) is 0.348. The van der Waals surface area contributed by atoms with Crippen LogP contribution in [0.25, 0.3) is 0 Å². The number of hydrogen-bond acceptors (Lipinski definition) is 5. The molecule has 166 valence electrons. The zero-order chi connectivity index (χ0) is 22.5. The number of carbonyl (C=O) groups excluding carboxylic acids is 2. The summed E-state index contributed by atoms with van der Waals surface area (Å²) in [6, 6.07) is 10.8. The molecule has 0 aliphatic heterocycles. The van der Waals surface area contributed by atoms with E-state index >= 15 is 0 Å². The van der Waals surface area contributed by atoms with Crippen LogP contribution in [0.1, 0.15) is 45.1 Å². The van der Waals surface area contributed by atoms with Gasteiger partial charge in [0.2, 0.25) is 11.8 Å². The van der Waals surface area contributed by atoms with Gasteiger partial charge < -0.3 is 14.8 Å². The molecule has 0 atom stereocenters. The van der Waals surface area contributed by atoms with Crippen LogP contribution in [0.4, 0.5) is 10.1 Å². The molecule has 2 amide bonds. The summed E-state index contributed by atoms with van der Waals surface area (Å²) in [5.41, 5.74) is 3.60. The third-order valence-electron chi connectivity index (χ3n) is 4.13. The molecular weight excluding hydrogens is 401 g/mol. The van der Waals surface area contributed by atoms with E-state index in [2.05, 4.69) is 22.8 Å². The van der Waals surface area contributed by atoms with Crippen molar-refractivity contribution in [1.29, 1.82) is 0 Å². The van der Waals surface area contributed by atoms with Gasteiger partial charge in [-0.2, -0.15) is 5.10 Å². The van der Waals surface area contributed by atoms with Gasteiger partial charge in [-0.25, -0.2) is 9.82 Å². The Morgan fingerprint density at radius 3 is 2.45 bits per heavy atom. The van der Waals surface area contributed by atoms with Crippen molar-refractivity contribution in [1.82, 2.24) is 5.43 Å². The summed E-state index contributed by atoms with van der Waals surface area (Å²) in [7, 11) is 0. The third kappa shape index (κ3) is 8.86. The molecule has 0 radical (unpaired) electrons. The van der Waals surface area contributed by atoms with E-state index in [9.17, 15) is 14.0 Å². The van der Waals surface area contributed by atoms with Gasteiger partial charge in [-0.15, -0.1) is 0 Å². The number of rotatable bonds is 12. The number of amides is 2. The Balaban J connectivity index is 1.80. The molecule has 2 aromatic carbocycles. The van der Waals surface area contributed by atoms with Crippen LogP contribution in [0.15, 0.2) is 47.6 Å². The highest BCUT2D eigenvalue weighted by molar-refractivity contribution is 5.93. The van der Waals surface area contributed by atoms with Gasteiger partial charge in [0.05, 0.1) is 19.4 Å². The van der Waals surface area contributed by atoms with Crippen LogP contribution < -0.4 is 20.2 Å². The van der Waals surface area contributed by atoms with Crippen LogP contribution in [0.3, 0.4) is 0 Å². The summed E-state index contributed by atoms with van der Waals surface area (Å²) in [5.74, 6) is 0.165. The molecule has 2 rings (SSSR count). The van der Waals surface area contributed by atoms with E-state index in [1.165, 1.54) is 30.5 Å². The number of halogens is 1. The van der Waals surface area contributed by atoms with Crippen molar-refractivity contribution in [2.24, 2.45) is 5.10 Å². The van der Waals surface area contributed by atoms with Gasteiger partial charge in [-0.1, -0.05) is 13.3 Å². The first-order valence-corrected chi connectivity index (χ1v) is 10.3. The molecule has 0 unspecified atom stereocenters. The van der Waals surface area contributed by atoms with Gasteiger partial charge in [-0.05, 0) is 61.4 Å². The Bertz CT molecular complexity index is 885. The van der Waals surface area contributed by atoms with Crippen molar-refractivity contribution in [3.8, 4) is 11.5 Å². The van der Waals surface area contributed by atoms with Crippen LogP contribution in [0, 0.1) is 5.82 Å². The molecule has 0 fully saturated rings. The number of ether oxygens (including phenoxy) is 2. The van der Waals surface area contributed by atoms with Gasteiger partial charge in [0, 0.05) is 18.5 Å². The normalized spacial score (nSPS) is 10.7. The van der Waals surface area contributed by atoms with E-state index in [1.54, 1.807) is 6.07 Å². The SMILES string of the molecule is CCCCOc1ccc(C=NNC(=O)CCC(=O)Nc2ccc(F)cc2)cc1OCC. The van der Waals surface area contributed by atoms with Crippen LogP contribution in [-0.2, 0) is 9.59 Å². The Kier molecular flexibility index (Phi) is 10.0. The lowest BCUT2D eigenvalue weighted by Crippen LogP contribution is -2.20. The second-order valence-electron chi connectivity index (χ2n) is 6.69. The number of hydrazone groups is 1.